The molecule has 2 aromatic carbocycles. The first-order valence-corrected chi connectivity index (χ1v) is 12.4. The number of para-hydroxylation sites is 2. The van der Waals surface area contributed by atoms with Crippen LogP contribution in [0.25, 0.3) is 6.08 Å². The Morgan fingerprint density at radius 3 is 2.66 bits per heavy atom. The van der Waals surface area contributed by atoms with E-state index in [9.17, 15) is 9.59 Å². The highest BCUT2D eigenvalue weighted by atomic mass is 32.2. The van der Waals surface area contributed by atoms with E-state index in [0.29, 0.717) is 17.9 Å². The Morgan fingerprint density at radius 2 is 1.88 bits per heavy atom. The van der Waals surface area contributed by atoms with E-state index in [0.717, 1.165) is 28.7 Å². The predicted octanol–water partition coefficient (Wildman–Crippen LogP) is 5.27. The molecule has 2 aliphatic rings. The molecule has 2 amide bonds. The summed E-state index contributed by atoms with van der Waals surface area (Å²) in [7, 11) is 1.73. The number of fused-ring (bicyclic) bond motifs is 1. The lowest BCUT2D eigenvalue weighted by Crippen LogP contribution is -2.33. The number of thioether (sulfide) groups is 1. The molecule has 1 aliphatic carbocycles. The van der Waals surface area contributed by atoms with E-state index in [4.69, 9.17) is 4.74 Å². The van der Waals surface area contributed by atoms with Crippen LogP contribution in [0.2, 0.25) is 0 Å². The Hall–Kier alpha value is -2.73. The first kappa shape index (κ1) is 22.5. The van der Waals surface area contributed by atoms with Crippen molar-refractivity contribution in [3.05, 3.63) is 65.4 Å². The van der Waals surface area contributed by atoms with Crippen molar-refractivity contribution < 1.29 is 14.3 Å². The molecule has 4 rings (SSSR count). The van der Waals surface area contributed by atoms with Gasteiger partial charge in [-0.05, 0) is 60.9 Å². The van der Waals surface area contributed by atoms with Crippen LogP contribution in [0.3, 0.4) is 0 Å². The smallest absolute Gasteiger partial charge is 0.293 e. The van der Waals surface area contributed by atoms with E-state index in [2.05, 4.69) is 17.1 Å². The van der Waals surface area contributed by atoms with Gasteiger partial charge < -0.3 is 15.0 Å². The van der Waals surface area contributed by atoms with Gasteiger partial charge in [0.15, 0.2) is 11.5 Å². The predicted molar refractivity (Wildman–Crippen MR) is 131 cm³/mol. The molecule has 5 nitrogen and oxygen atoms in total. The van der Waals surface area contributed by atoms with Crippen LogP contribution in [0.4, 0.5) is 5.69 Å². The van der Waals surface area contributed by atoms with Crippen LogP contribution in [0, 0.1) is 0 Å². The van der Waals surface area contributed by atoms with E-state index >= 15 is 0 Å². The van der Waals surface area contributed by atoms with Crippen LogP contribution < -0.4 is 15.0 Å². The van der Waals surface area contributed by atoms with Crippen LogP contribution >= 0.6 is 11.8 Å². The largest absolute Gasteiger partial charge is 0.449 e. The summed E-state index contributed by atoms with van der Waals surface area (Å²) < 4.78 is 5.80. The van der Waals surface area contributed by atoms with Crippen LogP contribution in [-0.4, -0.2) is 36.4 Å². The number of amides is 2. The molecule has 0 spiro atoms. The topological polar surface area (TPSA) is 58.6 Å². The van der Waals surface area contributed by atoms with Gasteiger partial charge in [0.1, 0.15) is 0 Å². The summed E-state index contributed by atoms with van der Waals surface area (Å²) in [6, 6.07) is 14.7. The first-order valence-electron chi connectivity index (χ1n) is 11.4. The van der Waals surface area contributed by atoms with Gasteiger partial charge in [0, 0.05) is 24.4 Å². The second-order valence-electron chi connectivity index (χ2n) is 8.30. The summed E-state index contributed by atoms with van der Waals surface area (Å²) in [6.45, 7) is 0.693. The number of ether oxygens (including phenoxy) is 1. The third kappa shape index (κ3) is 5.54. The maximum Gasteiger partial charge on any atom is 0.293 e. The van der Waals surface area contributed by atoms with E-state index in [1.165, 1.54) is 32.1 Å². The maximum atomic E-state index is 12.6. The summed E-state index contributed by atoms with van der Waals surface area (Å²) in [5, 5.41) is 3.82. The van der Waals surface area contributed by atoms with Crippen LogP contribution in [0.1, 0.15) is 54.4 Å². The van der Waals surface area contributed by atoms with E-state index < -0.39 is 0 Å². The summed E-state index contributed by atoms with van der Waals surface area (Å²) in [6.07, 6.45) is 9.51. The van der Waals surface area contributed by atoms with Crippen molar-refractivity contribution in [1.82, 2.24) is 5.32 Å². The van der Waals surface area contributed by atoms with Crippen molar-refractivity contribution in [3.8, 4) is 5.75 Å². The molecule has 0 saturated heterocycles. The molecule has 1 N–H and O–H groups in total. The number of carbonyl (C=O) groups is 2. The third-order valence-electron chi connectivity index (χ3n) is 5.95. The number of nitrogens with zero attached hydrogens (tertiary/aromatic N) is 1. The molecule has 2 aromatic rings. The molecule has 1 heterocycles. The van der Waals surface area contributed by atoms with Gasteiger partial charge in [0.05, 0.1) is 5.69 Å². The zero-order valence-corrected chi connectivity index (χ0v) is 19.3. The van der Waals surface area contributed by atoms with Gasteiger partial charge in [-0.1, -0.05) is 43.5 Å². The van der Waals surface area contributed by atoms with Crippen LogP contribution in [0.15, 0.2) is 54.3 Å². The van der Waals surface area contributed by atoms with Gasteiger partial charge in [-0.25, -0.2) is 0 Å². The number of hydrogen-bond acceptors (Lipinski definition) is 4. The number of anilines is 1. The minimum Gasteiger partial charge on any atom is -0.449 e. The van der Waals surface area contributed by atoms with Gasteiger partial charge >= 0.3 is 0 Å². The monoisotopic (exact) mass is 450 g/mol. The Bertz CT molecular complexity index is 981. The number of benzene rings is 2. The Kier molecular flexibility index (Phi) is 7.53. The van der Waals surface area contributed by atoms with Gasteiger partial charge in [0.25, 0.3) is 11.8 Å². The van der Waals surface area contributed by atoms with Crippen LogP contribution in [-0.2, 0) is 4.79 Å². The number of likely N-dealkylation sites (N-methyl/N-ethyl adjacent to an activating group) is 1. The highest BCUT2D eigenvalue weighted by Crippen LogP contribution is 2.34. The lowest BCUT2D eigenvalue weighted by molar-refractivity contribution is -0.117. The molecule has 0 atom stereocenters. The lowest BCUT2D eigenvalue weighted by atomic mass is 10.0. The van der Waals surface area contributed by atoms with Crippen molar-refractivity contribution in [3.63, 3.8) is 0 Å². The molecule has 1 aliphatic heterocycles. The minimum absolute atomic E-state index is 0.0643. The maximum absolute atomic E-state index is 12.6. The summed E-state index contributed by atoms with van der Waals surface area (Å²) in [5.74, 6) is 1.75. The fourth-order valence-corrected chi connectivity index (χ4v) is 5.40. The zero-order valence-electron chi connectivity index (χ0n) is 18.5. The average Bonchev–Trinajstić information content (AvgIpc) is 2.83. The van der Waals surface area contributed by atoms with Crippen molar-refractivity contribution in [2.75, 3.05) is 24.2 Å². The Labute approximate surface area is 194 Å². The number of rotatable bonds is 7. The van der Waals surface area contributed by atoms with Crippen molar-refractivity contribution in [2.24, 2.45) is 0 Å². The van der Waals surface area contributed by atoms with Gasteiger partial charge in [0.2, 0.25) is 0 Å². The fraction of sp³-hybridized carbons (Fsp3) is 0.385. The molecule has 168 valence electrons. The highest BCUT2D eigenvalue weighted by molar-refractivity contribution is 7.99. The zero-order chi connectivity index (χ0) is 22.3. The fourth-order valence-electron chi connectivity index (χ4n) is 4.09. The normalized spacial score (nSPS) is 17.7. The number of hydrogen-bond donors (Lipinski definition) is 1. The van der Waals surface area contributed by atoms with Gasteiger partial charge in [-0.2, -0.15) is 11.8 Å². The second-order valence-corrected chi connectivity index (χ2v) is 9.71. The quantitative estimate of drug-likeness (QED) is 0.461. The van der Waals surface area contributed by atoms with Crippen molar-refractivity contribution in [2.45, 2.75) is 43.8 Å². The average molecular weight is 451 g/mol. The lowest BCUT2D eigenvalue weighted by Gasteiger charge is -2.27. The van der Waals surface area contributed by atoms with Crippen molar-refractivity contribution >= 4 is 35.3 Å². The molecule has 0 bridgehead atoms. The standard InChI is InChI=1S/C26H30N2O3S/c1-28-22-10-5-6-11-23(22)31-24(26(28)30)18-19-12-14-20(15-13-19)25(29)27-16-7-17-32-21-8-3-2-4-9-21/h5-6,10-15,18,21H,2-4,7-9,16-17H2,1H3,(H,27,29). The Morgan fingerprint density at radius 1 is 1.12 bits per heavy atom. The molecular weight excluding hydrogens is 420 g/mol. The van der Waals surface area contributed by atoms with E-state index in [-0.39, 0.29) is 17.6 Å². The third-order valence-corrected chi connectivity index (χ3v) is 7.41. The molecule has 32 heavy (non-hydrogen) atoms. The van der Waals surface area contributed by atoms with Crippen molar-refractivity contribution in [1.29, 1.82) is 0 Å². The molecule has 0 unspecified atom stereocenters. The van der Waals surface area contributed by atoms with Gasteiger partial charge in [-0.15, -0.1) is 0 Å². The molecule has 6 heteroatoms. The summed E-state index contributed by atoms with van der Waals surface area (Å²) in [5.41, 5.74) is 2.17. The second kappa shape index (κ2) is 10.7. The van der Waals surface area contributed by atoms with E-state index in [1.807, 2.05) is 36.4 Å². The minimum atomic E-state index is -0.198. The first-order chi connectivity index (χ1) is 15.6. The van der Waals surface area contributed by atoms with Gasteiger partial charge in [-0.3, -0.25) is 9.59 Å². The number of carbonyl (C=O) groups excluding carboxylic acids is 2. The molecular formula is C26H30N2O3S. The molecule has 1 saturated carbocycles. The summed E-state index contributed by atoms with van der Waals surface area (Å²) in [4.78, 5) is 26.6. The molecule has 0 aromatic heterocycles. The highest BCUT2D eigenvalue weighted by Gasteiger charge is 2.27. The Balaban J connectivity index is 1.28. The molecule has 1 fully saturated rings. The van der Waals surface area contributed by atoms with E-state index in [1.54, 1.807) is 30.2 Å². The number of nitrogens with one attached hydrogen (secondary N) is 1. The van der Waals surface area contributed by atoms with Crippen LogP contribution in [0.5, 0.6) is 5.75 Å². The SMILES string of the molecule is CN1C(=O)C(=Cc2ccc(C(=O)NCCCSC3CCCCC3)cc2)Oc2ccccc21. The molecule has 0 radical (unpaired) electrons. The summed E-state index contributed by atoms with van der Waals surface area (Å²) >= 11 is 2.06.